The molecular formula is C24H23N5OS3. The summed E-state index contributed by atoms with van der Waals surface area (Å²) in [6.45, 7) is 0. The third-order valence-corrected chi connectivity index (χ3v) is 8.72. The maximum Gasteiger partial charge on any atom is 0.191 e. The van der Waals surface area contributed by atoms with Crippen LogP contribution in [0.2, 0.25) is 0 Å². The van der Waals surface area contributed by atoms with E-state index in [2.05, 4.69) is 43.3 Å². The Bertz CT molecular complexity index is 1280. The monoisotopic (exact) mass is 493 g/mol. The van der Waals surface area contributed by atoms with Gasteiger partial charge in [0.1, 0.15) is 28.2 Å². The Morgan fingerprint density at radius 1 is 1.15 bits per heavy atom. The molecule has 1 aliphatic carbocycles. The zero-order chi connectivity index (χ0) is 22.6. The lowest BCUT2D eigenvalue weighted by Gasteiger charge is -2.25. The second kappa shape index (κ2) is 10.1. The molecule has 1 saturated carbocycles. The molecule has 1 aromatic carbocycles. The van der Waals surface area contributed by atoms with E-state index in [0.717, 1.165) is 40.5 Å². The third-order valence-electron chi connectivity index (χ3n) is 5.83. The van der Waals surface area contributed by atoms with Crippen LogP contribution >= 0.6 is 34.4 Å². The van der Waals surface area contributed by atoms with Gasteiger partial charge >= 0.3 is 0 Å². The predicted molar refractivity (Wildman–Crippen MR) is 135 cm³/mol. The number of nitriles is 1. The predicted octanol–water partition coefficient (Wildman–Crippen LogP) is 6.63. The van der Waals surface area contributed by atoms with Crippen molar-refractivity contribution in [2.45, 2.75) is 49.7 Å². The fourth-order valence-electron chi connectivity index (χ4n) is 4.22. The van der Waals surface area contributed by atoms with Gasteiger partial charge in [-0.3, -0.25) is 0 Å². The summed E-state index contributed by atoms with van der Waals surface area (Å²) in [6.07, 6.45) is 6.72. The lowest BCUT2D eigenvalue weighted by Crippen LogP contribution is -2.17. The highest BCUT2D eigenvalue weighted by atomic mass is 32.2. The number of rotatable bonds is 7. The molecular weight excluding hydrogens is 470 g/mol. The molecule has 4 aromatic rings. The van der Waals surface area contributed by atoms with Crippen LogP contribution in [-0.2, 0) is 6.42 Å². The quantitative estimate of drug-likeness (QED) is 0.177. The highest BCUT2D eigenvalue weighted by Crippen LogP contribution is 2.35. The van der Waals surface area contributed by atoms with Crippen LogP contribution in [0.15, 0.2) is 52.7 Å². The number of thioether (sulfide) groups is 1. The van der Waals surface area contributed by atoms with Gasteiger partial charge in [0.05, 0.1) is 16.0 Å². The van der Waals surface area contributed by atoms with Crippen LogP contribution in [-0.4, -0.2) is 30.6 Å². The third kappa shape index (κ3) is 4.83. The molecule has 0 radical (unpaired) electrons. The Morgan fingerprint density at radius 3 is 2.76 bits per heavy atom. The average Bonchev–Trinajstić information content (AvgIpc) is 3.59. The van der Waals surface area contributed by atoms with Gasteiger partial charge in [0, 0.05) is 17.3 Å². The number of thiophene rings is 1. The first-order valence-corrected chi connectivity index (χ1v) is 13.7. The van der Waals surface area contributed by atoms with Gasteiger partial charge in [-0.1, -0.05) is 49.2 Å². The first kappa shape index (κ1) is 22.1. The van der Waals surface area contributed by atoms with Crippen LogP contribution in [0.5, 0.6) is 0 Å². The first-order chi connectivity index (χ1) is 16.2. The fourth-order valence-corrected chi connectivity index (χ4v) is 6.81. The number of fused-ring (bicyclic) bond motifs is 1. The molecule has 3 aromatic heterocycles. The molecule has 1 N–H and O–H groups in total. The molecule has 0 amide bonds. The molecule has 0 spiro atoms. The van der Waals surface area contributed by atoms with Gasteiger partial charge in [0.2, 0.25) is 0 Å². The zero-order valence-electron chi connectivity index (χ0n) is 18.0. The minimum Gasteiger partial charge on any atom is -0.510 e. The van der Waals surface area contributed by atoms with Crippen molar-refractivity contribution in [3.63, 3.8) is 0 Å². The fraction of sp³-hybridized carbons (Fsp3) is 0.333. The number of hydrogen-bond acceptors (Lipinski definition) is 8. The van der Waals surface area contributed by atoms with E-state index in [9.17, 15) is 10.4 Å². The topological polar surface area (TPSA) is 87.6 Å². The molecule has 9 heteroatoms. The zero-order valence-corrected chi connectivity index (χ0v) is 20.4. The van der Waals surface area contributed by atoms with Crippen LogP contribution in [0.1, 0.15) is 53.9 Å². The Balaban J connectivity index is 1.40. The maximum atomic E-state index is 10.8. The van der Waals surface area contributed by atoms with Crippen LogP contribution in [0.4, 0.5) is 0 Å². The Morgan fingerprint density at radius 2 is 2.00 bits per heavy atom. The van der Waals surface area contributed by atoms with E-state index in [1.54, 1.807) is 11.3 Å². The smallest absolute Gasteiger partial charge is 0.191 e. The van der Waals surface area contributed by atoms with Crippen molar-refractivity contribution in [1.82, 2.24) is 19.7 Å². The summed E-state index contributed by atoms with van der Waals surface area (Å²) in [5.74, 6) is 1.25. The molecule has 1 aliphatic rings. The largest absolute Gasteiger partial charge is 0.510 e. The summed E-state index contributed by atoms with van der Waals surface area (Å²) in [4.78, 5) is 5.80. The van der Waals surface area contributed by atoms with E-state index in [1.807, 2.05) is 24.3 Å². The molecule has 1 fully saturated rings. The number of aliphatic hydroxyl groups is 1. The number of nitrogens with zero attached hydrogens (tertiary/aromatic N) is 5. The molecule has 6 nitrogen and oxygen atoms in total. The summed E-state index contributed by atoms with van der Waals surface area (Å²) in [6, 6.07) is 14.5. The van der Waals surface area contributed by atoms with Gasteiger partial charge < -0.3 is 9.67 Å². The second-order valence-corrected chi connectivity index (χ2v) is 11.0. The molecule has 5 rings (SSSR count). The first-order valence-electron chi connectivity index (χ1n) is 11.0. The lowest BCUT2D eigenvalue weighted by atomic mass is 9.95. The number of benzene rings is 1. The molecule has 3 heterocycles. The summed E-state index contributed by atoms with van der Waals surface area (Å²) in [5, 5.41) is 33.0. The number of para-hydroxylation sites is 1. The van der Waals surface area contributed by atoms with Gasteiger partial charge in [0.25, 0.3) is 0 Å². The Kier molecular flexibility index (Phi) is 6.76. The van der Waals surface area contributed by atoms with Gasteiger partial charge in [-0.15, -0.1) is 32.9 Å². The number of aliphatic hydroxyl groups excluding tert-OH is 1. The summed E-state index contributed by atoms with van der Waals surface area (Å²) >= 11 is 4.59. The maximum absolute atomic E-state index is 10.8. The van der Waals surface area contributed by atoms with Crippen LogP contribution < -0.4 is 0 Å². The molecule has 0 saturated heterocycles. The van der Waals surface area contributed by atoms with Gasteiger partial charge in [-0.05, 0) is 36.4 Å². The Labute approximate surface area is 204 Å². The minimum absolute atomic E-state index is 0.0274. The normalized spacial score (nSPS) is 15.5. The van der Waals surface area contributed by atoms with Crippen LogP contribution in [0, 0.1) is 11.3 Å². The van der Waals surface area contributed by atoms with E-state index in [-0.39, 0.29) is 17.1 Å². The van der Waals surface area contributed by atoms with Gasteiger partial charge in [0.15, 0.2) is 5.16 Å². The molecule has 0 atom stereocenters. The number of aromatic nitrogens is 4. The molecule has 0 unspecified atom stereocenters. The van der Waals surface area contributed by atoms with Crippen molar-refractivity contribution in [1.29, 1.82) is 5.26 Å². The standard InChI is InChI=1S/C24H23N5OS3/c25-14-18(23-26-19-10-4-5-11-21(19)33-23)20(30)15-32-24-28-27-22(13-17-9-6-12-31-17)29(24)16-7-2-1-3-8-16/h4-6,9-12,16,30H,1-3,7-8,13,15H2/b20-18-. The molecule has 0 bridgehead atoms. The van der Waals surface area contributed by atoms with E-state index < -0.39 is 0 Å². The lowest BCUT2D eigenvalue weighted by molar-refractivity contribution is 0.330. The van der Waals surface area contributed by atoms with Crippen molar-refractivity contribution in [3.05, 3.63) is 63.2 Å². The van der Waals surface area contributed by atoms with Crippen molar-refractivity contribution in [2.75, 3.05) is 5.75 Å². The van der Waals surface area contributed by atoms with Crippen LogP contribution in [0.25, 0.3) is 15.8 Å². The van der Waals surface area contributed by atoms with E-state index >= 15 is 0 Å². The summed E-state index contributed by atoms with van der Waals surface area (Å²) < 4.78 is 3.27. The van der Waals surface area contributed by atoms with Gasteiger partial charge in [-0.2, -0.15) is 5.26 Å². The number of thiazole rings is 1. The SMILES string of the molecule is N#C/C(=C(/O)CSc1nnc(Cc2cccs2)n1C1CCCCC1)c1nc2ccccc2s1. The van der Waals surface area contributed by atoms with E-state index in [1.165, 1.54) is 47.2 Å². The molecule has 33 heavy (non-hydrogen) atoms. The number of hydrogen-bond donors (Lipinski definition) is 1. The molecule has 0 aliphatic heterocycles. The average molecular weight is 494 g/mol. The van der Waals surface area contributed by atoms with Crippen molar-refractivity contribution >= 4 is 50.2 Å². The number of allylic oxidation sites excluding steroid dienone is 1. The summed E-state index contributed by atoms with van der Waals surface area (Å²) in [5.41, 5.74) is 1.06. The second-order valence-electron chi connectivity index (χ2n) is 8.03. The minimum atomic E-state index is 0.0274. The van der Waals surface area contributed by atoms with Crippen molar-refractivity contribution in [3.8, 4) is 6.07 Å². The van der Waals surface area contributed by atoms with Gasteiger partial charge in [-0.25, -0.2) is 4.98 Å². The Hall–Kier alpha value is -2.67. The van der Waals surface area contributed by atoms with Crippen molar-refractivity contribution < 1.29 is 5.11 Å². The van der Waals surface area contributed by atoms with E-state index in [0.29, 0.717) is 11.0 Å². The highest BCUT2D eigenvalue weighted by Gasteiger charge is 2.24. The highest BCUT2D eigenvalue weighted by molar-refractivity contribution is 7.99. The van der Waals surface area contributed by atoms with Crippen LogP contribution in [0.3, 0.4) is 0 Å². The van der Waals surface area contributed by atoms with E-state index in [4.69, 9.17) is 0 Å². The molecule has 168 valence electrons. The summed E-state index contributed by atoms with van der Waals surface area (Å²) in [7, 11) is 0. The van der Waals surface area contributed by atoms with Crippen molar-refractivity contribution in [2.24, 2.45) is 0 Å².